The predicted octanol–water partition coefficient (Wildman–Crippen LogP) is 3.81. The van der Waals surface area contributed by atoms with Crippen LogP contribution in [0.5, 0.6) is 5.75 Å². The summed E-state index contributed by atoms with van der Waals surface area (Å²) in [7, 11) is 0. The zero-order chi connectivity index (χ0) is 13.9. The van der Waals surface area contributed by atoms with Gasteiger partial charge < -0.3 is 10.8 Å². The standard InChI is InChI=1S/C16H14N2OS/c17-16-11(4-3-9-18-16)10-20-15-8-7-14(19)12-5-1-2-6-13(12)15/h1-9,19H,10H2,(H2,17,18). The summed E-state index contributed by atoms with van der Waals surface area (Å²) < 4.78 is 0. The van der Waals surface area contributed by atoms with E-state index in [0.717, 1.165) is 27.0 Å². The Bertz CT molecular complexity index is 758. The van der Waals surface area contributed by atoms with E-state index in [0.29, 0.717) is 11.6 Å². The van der Waals surface area contributed by atoms with Gasteiger partial charge in [-0.2, -0.15) is 0 Å². The molecular weight excluding hydrogens is 268 g/mol. The number of phenolic OH excluding ortho intramolecular Hbond substituents is 1. The van der Waals surface area contributed by atoms with Gasteiger partial charge in [0.2, 0.25) is 0 Å². The van der Waals surface area contributed by atoms with Crippen LogP contribution in [0.2, 0.25) is 0 Å². The second-order valence-electron chi connectivity index (χ2n) is 4.46. The third-order valence-corrected chi connectivity index (χ3v) is 4.29. The van der Waals surface area contributed by atoms with E-state index >= 15 is 0 Å². The number of fused-ring (bicyclic) bond motifs is 1. The number of hydrogen-bond donors (Lipinski definition) is 2. The van der Waals surface area contributed by atoms with E-state index in [1.807, 2.05) is 42.5 Å². The maximum Gasteiger partial charge on any atom is 0.127 e. The minimum absolute atomic E-state index is 0.311. The van der Waals surface area contributed by atoms with Gasteiger partial charge in [0.1, 0.15) is 11.6 Å². The van der Waals surface area contributed by atoms with Gasteiger partial charge in [0.05, 0.1) is 0 Å². The van der Waals surface area contributed by atoms with Crippen molar-refractivity contribution in [1.29, 1.82) is 0 Å². The van der Waals surface area contributed by atoms with Crippen LogP contribution in [-0.4, -0.2) is 10.1 Å². The molecule has 100 valence electrons. The molecule has 0 spiro atoms. The molecule has 0 amide bonds. The lowest BCUT2D eigenvalue weighted by Gasteiger charge is -2.08. The number of hydrogen-bond acceptors (Lipinski definition) is 4. The first-order valence-electron chi connectivity index (χ1n) is 6.28. The van der Waals surface area contributed by atoms with Gasteiger partial charge in [0, 0.05) is 27.8 Å². The summed E-state index contributed by atoms with van der Waals surface area (Å²) in [6, 6.07) is 15.4. The summed E-state index contributed by atoms with van der Waals surface area (Å²) in [5.74, 6) is 1.64. The molecule has 1 aromatic heterocycles. The highest BCUT2D eigenvalue weighted by atomic mass is 32.2. The second kappa shape index (κ2) is 5.43. The number of anilines is 1. The van der Waals surface area contributed by atoms with Gasteiger partial charge in [-0.15, -0.1) is 11.8 Å². The van der Waals surface area contributed by atoms with Crippen molar-refractivity contribution in [2.24, 2.45) is 0 Å². The molecule has 4 heteroatoms. The highest BCUT2D eigenvalue weighted by molar-refractivity contribution is 7.98. The van der Waals surface area contributed by atoms with Gasteiger partial charge in [0.25, 0.3) is 0 Å². The molecule has 1 heterocycles. The van der Waals surface area contributed by atoms with E-state index in [9.17, 15) is 5.11 Å². The van der Waals surface area contributed by atoms with E-state index in [1.54, 1.807) is 24.0 Å². The van der Waals surface area contributed by atoms with Crippen LogP contribution in [0.3, 0.4) is 0 Å². The zero-order valence-corrected chi connectivity index (χ0v) is 11.6. The van der Waals surface area contributed by atoms with Crippen molar-refractivity contribution in [2.75, 3.05) is 5.73 Å². The molecule has 0 aliphatic heterocycles. The Balaban J connectivity index is 1.92. The third kappa shape index (κ3) is 2.42. The number of nitrogens with zero attached hydrogens (tertiary/aromatic N) is 1. The van der Waals surface area contributed by atoms with Crippen molar-refractivity contribution >= 4 is 28.4 Å². The number of benzene rings is 2. The summed E-state index contributed by atoms with van der Waals surface area (Å²) in [4.78, 5) is 5.22. The minimum atomic E-state index is 0.311. The number of aromatic nitrogens is 1. The topological polar surface area (TPSA) is 59.1 Å². The SMILES string of the molecule is Nc1ncccc1CSc1ccc(O)c2ccccc12. The summed E-state index contributed by atoms with van der Waals surface area (Å²) in [6.07, 6.45) is 1.69. The Morgan fingerprint density at radius 2 is 1.80 bits per heavy atom. The maximum absolute atomic E-state index is 9.89. The minimum Gasteiger partial charge on any atom is -0.507 e. The molecule has 0 bridgehead atoms. The molecule has 0 unspecified atom stereocenters. The largest absolute Gasteiger partial charge is 0.507 e. The van der Waals surface area contributed by atoms with Gasteiger partial charge in [-0.3, -0.25) is 0 Å². The molecule has 3 rings (SSSR count). The van der Waals surface area contributed by atoms with Gasteiger partial charge in [-0.05, 0) is 23.6 Å². The van der Waals surface area contributed by atoms with Crippen molar-refractivity contribution in [2.45, 2.75) is 10.6 Å². The fraction of sp³-hybridized carbons (Fsp3) is 0.0625. The molecule has 3 aromatic rings. The summed E-state index contributed by atoms with van der Waals surface area (Å²) in [6.45, 7) is 0. The van der Waals surface area contributed by atoms with E-state index in [1.165, 1.54) is 0 Å². The molecule has 0 fully saturated rings. The van der Waals surface area contributed by atoms with Crippen molar-refractivity contribution in [1.82, 2.24) is 4.98 Å². The quantitative estimate of drug-likeness (QED) is 0.717. The molecule has 0 radical (unpaired) electrons. The molecular formula is C16H14N2OS. The lowest BCUT2D eigenvalue weighted by molar-refractivity contribution is 0.481. The molecule has 0 atom stereocenters. The fourth-order valence-electron chi connectivity index (χ4n) is 2.11. The number of thioether (sulfide) groups is 1. The number of nitrogen functional groups attached to an aromatic ring is 1. The van der Waals surface area contributed by atoms with Gasteiger partial charge >= 0.3 is 0 Å². The smallest absolute Gasteiger partial charge is 0.127 e. The van der Waals surface area contributed by atoms with E-state index < -0.39 is 0 Å². The van der Waals surface area contributed by atoms with Crippen LogP contribution >= 0.6 is 11.8 Å². The van der Waals surface area contributed by atoms with Crippen LogP contribution < -0.4 is 5.73 Å². The molecule has 3 nitrogen and oxygen atoms in total. The predicted molar refractivity (Wildman–Crippen MR) is 83.8 cm³/mol. The highest BCUT2D eigenvalue weighted by Gasteiger charge is 2.06. The summed E-state index contributed by atoms with van der Waals surface area (Å²) >= 11 is 1.69. The molecule has 20 heavy (non-hydrogen) atoms. The van der Waals surface area contributed by atoms with E-state index in [4.69, 9.17) is 5.73 Å². The van der Waals surface area contributed by atoms with Gasteiger partial charge in [-0.25, -0.2) is 4.98 Å². The number of nitrogens with two attached hydrogens (primary N) is 1. The van der Waals surface area contributed by atoms with Crippen LogP contribution in [0.4, 0.5) is 5.82 Å². The molecule has 2 aromatic carbocycles. The number of phenols is 1. The van der Waals surface area contributed by atoms with Crippen molar-refractivity contribution in [3.05, 3.63) is 60.3 Å². The lowest BCUT2D eigenvalue weighted by atomic mass is 10.1. The summed E-state index contributed by atoms with van der Waals surface area (Å²) in [5, 5.41) is 11.8. The zero-order valence-electron chi connectivity index (χ0n) is 10.8. The van der Waals surface area contributed by atoms with E-state index in [-0.39, 0.29) is 0 Å². The first kappa shape index (κ1) is 12.8. The van der Waals surface area contributed by atoms with Crippen molar-refractivity contribution < 1.29 is 5.11 Å². The molecule has 0 aliphatic rings. The fourth-order valence-corrected chi connectivity index (χ4v) is 3.16. The van der Waals surface area contributed by atoms with Crippen LogP contribution in [0.15, 0.2) is 59.6 Å². The first-order valence-corrected chi connectivity index (χ1v) is 7.27. The molecule has 3 N–H and O–H groups in total. The normalized spacial score (nSPS) is 10.8. The number of aromatic hydroxyl groups is 1. The summed E-state index contributed by atoms with van der Waals surface area (Å²) in [5.41, 5.74) is 6.88. The van der Waals surface area contributed by atoms with E-state index in [2.05, 4.69) is 4.98 Å². The monoisotopic (exact) mass is 282 g/mol. The van der Waals surface area contributed by atoms with Crippen molar-refractivity contribution in [3.8, 4) is 5.75 Å². The molecule has 0 saturated carbocycles. The van der Waals surface area contributed by atoms with Crippen LogP contribution in [0.25, 0.3) is 10.8 Å². The Labute approximate surface area is 121 Å². The third-order valence-electron chi connectivity index (χ3n) is 3.17. The highest BCUT2D eigenvalue weighted by Crippen LogP contribution is 2.35. The Kier molecular flexibility index (Phi) is 3.48. The Morgan fingerprint density at radius 3 is 2.60 bits per heavy atom. The average Bonchev–Trinajstić information content (AvgIpc) is 2.48. The molecule has 0 saturated heterocycles. The van der Waals surface area contributed by atoms with Gasteiger partial charge in [0.15, 0.2) is 0 Å². The number of pyridine rings is 1. The lowest BCUT2D eigenvalue weighted by Crippen LogP contribution is -1.95. The van der Waals surface area contributed by atoms with Crippen LogP contribution in [-0.2, 0) is 5.75 Å². The Hall–Kier alpha value is -2.20. The maximum atomic E-state index is 9.89. The van der Waals surface area contributed by atoms with Gasteiger partial charge in [-0.1, -0.05) is 30.3 Å². The first-order chi connectivity index (χ1) is 9.75. The molecule has 0 aliphatic carbocycles. The van der Waals surface area contributed by atoms with Crippen LogP contribution in [0.1, 0.15) is 5.56 Å². The number of rotatable bonds is 3. The second-order valence-corrected chi connectivity index (χ2v) is 5.48. The van der Waals surface area contributed by atoms with Crippen molar-refractivity contribution in [3.63, 3.8) is 0 Å². The van der Waals surface area contributed by atoms with Crippen LogP contribution in [0, 0.1) is 0 Å². The average molecular weight is 282 g/mol. The Morgan fingerprint density at radius 1 is 1.00 bits per heavy atom.